The summed E-state index contributed by atoms with van der Waals surface area (Å²) in [5, 5.41) is 1.38. The van der Waals surface area contributed by atoms with E-state index in [4.69, 9.17) is 19.2 Å². The highest BCUT2D eigenvalue weighted by Gasteiger charge is 2.63. The highest BCUT2D eigenvalue weighted by molar-refractivity contribution is 7.91. The molecule has 1 N–H and O–H groups in total. The number of allylic oxidation sites excluding steroid dienone is 2. The molecule has 0 unspecified atom stereocenters. The van der Waals surface area contributed by atoms with E-state index < -0.39 is 91.8 Å². The topological polar surface area (TPSA) is 162 Å². The number of alkyl halides is 3. The van der Waals surface area contributed by atoms with Crippen LogP contribution in [-0.2, 0) is 33.9 Å². The zero-order chi connectivity index (χ0) is 44.2. The molecule has 330 valence electrons. The van der Waals surface area contributed by atoms with Crippen molar-refractivity contribution in [2.45, 2.75) is 121 Å². The second-order valence-corrected chi connectivity index (χ2v) is 20.6. The summed E-state index contributed by atoms with van der Waals surface area (Å²) in [5.74, 6) is -3.83. The SMILES string of the molecule is COc1ccc2c(O[C@@H]3C[C@H]4C(=O)C[C@]5(C(=O)NS(=O)(=O)C6(C)CC6)C[C@H]5/C=C\CC[C@@H](C)C[C@@H](C)[C@H](CC(=O)OC(C)(C)C(F)(F)F)C(=O)N4C3)nc(N(C)C)cc2c1. The molecule has 1 aromatic heterocycles. The Hall–Kier alpha value is -4.41. The lowest BCUT2D eigenvalue weighted by Gasteiger charge is -2.33. The molecule has 3 fully saturated rings. The van der Waals surface area contributed by atoms with Crippen LogP contribution >= 0.6 is 0 Å². The van der Waals surface area contributed by atoms with Crippen LogP contribution in [0.3, 0.4) is 0 Å². The van der Waals surface area contributed by atoms with E-state index >= 15 is 0 Å². The average molecular weight is 863 g/mol. The first-order valence-electron chi connectivity index (χ1n) is 20.6. The van der Waals surface area contributed by atoms with Crippen molar-refractivity contribution < 1.29 is 55.0 Å². The quantitative estimate of drug-likeness (QED) is 0.205. The number of nitrogens with one attached hydrogen (secondary N) is 1. The van der Waals surface area contributed by atoms with Crippen LogP contribution in [0.1, 0.15) is 92.4 Å². The van der Waals surface area contributed by atoms with Crippen LogP contribution in [0.2, 0.25) is 0 Å². The van der Waals surface area contributed by atoms with Gasteiger partial charge in [0.25, 0.3) is 0 Å². The predicted molar refractivity (Wildman–Crippen MR) is 218 cm³/mol. The van der Waals surface area contributed by atoms with Gasteiger partial charge in [0.1, 0.15) is 17.7 Å². The fourth-order valence-corrected chi connectivity index (χ4v) is 9.78. The van der Waals surface area contributed by atoms with Gasteiger partial charge >= 0.3 is 12.1 Å². The number of anilines is 1. The van der Waals surface area contributed by atoms with Gasteiger partial charge in [0.15, 0.2) is 5.78 Å². The lowest BCUT2D eigenvalue weighted by Crippen LogP contribution is -2.48. The minimum absolute atomic E-state index is 0.0124. The minimum atomic E-state index is -4.87. The number of sulfonamides is 1. The number of benzene rings is 1. The molecule has 2 aliphatic carbocycles. The number of hydrogen-bond donors (Lipinski definition) is 1. The van der Waals surface area contributed by atoms with E-state index in [1.165, 1.54) is 4.90 Å². The lowest BCUT2D eigenvalue weighted by atomic mass is 9.82. The van der Waals surface area contributed by atoms with Gasteiger partial charge in [-0.15, -0.1) is 0 Å². The van der Waals surface area contributed by atoms with Gasteiger partial charge in [-0.2, -0.15) is 18.2 Å². The van der Waals surface area contributed by atoms with Crippen LogP contribution in [-0.4, -0.2) is 98.3 Å². The van der Waals surface area contributed by atoms with Crippen LogP contribution in [0.4, 0.5) is 19.0 Å². The lowest BCUT2D eigenvalue weighted by molar-refractivity contribution is -0.257. The maximum absolute atomic E-state index is 14.9. The fourth-order valence-electron chi connectivity index (χ4n) is 8.44. The fraction of sp³-hybridized carbons (Fsp3) is 0.651. The minimum Gasteiger partial charge on any atom is -0.497 e. The predicted octanol–water partition coefficient (Wildman–Crippen LogP) is 6.52. The maximum atomic E-state index is 14.9. The van der Waals surface area contributed by atoms with Crippen LogP contribution in [0, 0.1) is 29.1 Å². The Labute approximate surface area is 349 Å². The van der Waals surface area contributed by atoms with Gasteiger partial charge in [0, 0.05) is 32.3 Å². The van der Waals surface area contributed by atoms with Crippen molar-refractivity contribution in [3.8, 4) is 11.6 Å². The number of methoxy groups -OCH3 is 1. The van der Waals surface area contributed by atoms with E-state index in [9.17, 15) is 40.8 Å². The number of ether oxygens (including phenoxy) is 3. The van der Waals surface area contributed by atoms with Gasteiger partial charge in [-0.3, -0.25) is 23.9 Å². The average Bonchev–Trinajstić information content (AvgIpc) is 4.04. The first-order valence-corrected chi connectivity index (χ1v) is 22.1. The number of carbonyl (C=O) groups excluding carboxylic acids is 4. The normalized spacial score (nSPS) is 29.0. The largest absolute Gasteiger partial charge is 0.497 e. The Morgan fingerprint density at radius 2 is 1.78 bits per heavy atom. The van der Waals surface area contributed by atoms with Crippen LogP contribution in [0.15, 0.2) is 36.4 Å². The maximum Gasteiger partial charge on any atom is 0.427 e. The van der Waals surface area contributed by atoms with E-state index in [-0.39, 0.29) is 37.6 Å². The summed E-state index contributed by atoms with van der Waals surface area (Å²) in [6.45, 7) is 6.65. The van der Waals surface area contributed by atoms with E-state index in [2.05, 4.69) is 4.72 Å². The Bertz CT molecular complexity index is 2160. The standard InChI is InChI=1S/C43H57F3N4O9S/c1-25-11-9-10-12-28-22-42(28,39(54)48-60(55,56)41(5)15-16-41)23-34(51)33-20-30(58-37-31-14-13-29(57-8)18-27(31)19-35(47-37)49(6)7)24-50(33)38(53)32(26(2)17-25)21-36(52)59-40(3,4)43(44,45)46/h10,12-14,18-19,25-26,28,30,32-33H,9,11,15-17,20-24H2,1-8H3,(H,48,54)/b12-10-/t25-,26-,28-,30-,32+,33+,42-/m1/s1. The number of fused-ring (bicyclic) bond motifs is 3. The first-order chi connectivity index (χ1) is 27.9. The third-order valence-corrected chi connectivity index (χ3v) is 15.1. The number of amides is 2. The molecule has 2 aromatic rings. The van der Waals surface area contributed by atoms with Crippen LogP contribution in [0.25, 0.3) is 10.8 Å². The van der Waals surface area contributed by atoms with Gasteiger partial charge < -0.3 is 24.0 Å². The molecule has 2 amide bonds. The Balaban J connectivity index is 1.38. The number of nitrogens with zero attached hydrogens (tertiary/aromatic N) is 3. The number of hydrogen-bond acceptors (Lipinski definition) is 11. The van der Waals surface area contributed by atoms with Gasteiger partial charge in [0.2, 0.25) is 33.3 Å². The molecular weight excluding hydrogens is 806 g/mol. The molecule has 60 heavy (non-hydrogen) atoms. The summed E-state index contributed by atoms with van der Waals surface area (Å²) in [7, 11) is 1.13. The van der Waals surface area contributed by atoms with Crippen molar-refractivity contribution in [1.82, 2.24) is 14.6 Å². The van der Waals surface area contributed by atoms with E-state index in [1.807, 2.05) is 45.3 Å². The number of pyridine rings is 1. The van der Waals surface area contributed by atoms with Gasteiger partial charge in [0.05, 0.1) is 42.2 Å². The summed E-state index contributed by atoms with van der Waals surface area (Å²) < 4.78 is 86.1. The molecule has 7 atom stereocenters. The number of esters is 1. The Morgan fingerprint density at radius 1 is 1.08 bits per heavy atom. The molecule has 4 aliphatic rings. The van der Waals surface area contributed by atoms with Crippen molar-refractivity contribution in [1.29, 1.82) is 0 Å². The molecule has 13 nitrogen and oxygen atoms in total. The Kier molecular flexibility index (Phi) is 12.4. The second kappa shape index (κ2) is 16.5. The van der Waals surface area contributed by atoms with E-state index in [0.29, 0.717) is 49.1 Å². The van der Waals surface area contributed by atoms with Crippen molar-refractivity contribution in [3.05, 3.63) is 36.4 Å². The molecule has 2 saturated carbocycles. The molecule has 17 heteroatoms. The first kappa shape index (κ1) is 45.1. The number of aromatic nitrogens is 1. The molecule has 1 aromatic carbocycles. The number of Topliss-reactive ketones (excluding diaryl/α,β-unsaturated/α-hetero) is 1. The summed E-state index contributed by atoms with van der Waals surface area (Å²) in [6.07, 6.45) is -0.275. The molecule has 0 spiro atoms. The number of ketones is 1. The smallest absolute Gasteiger partial charge is 0.427 e. The Morgan fingerprint density at radius 3 is 2.42 bits per heavy atom. The van der Waals surface area contributed by atoms with Crippen molar-refractivity contribution in [3.63, 3.8) is 0 Å². The zero-order valence-electron chi connectivity index (χ0n) is 35.6. The van der Waals surface area contributed by atoms with Crippen LogP contribution in [0.5, 0.6) is 11.6 Å². The monoisotopic (exact) mass is 862 g/mol. The third kappa shape index (κ3) is 9.25. The van der Waals surface area contributed by atoms with Crippen molar-refractivity contribution in [2.75, 3.05) is 32.6 Å². The van der Waals surface area contributed by atoms with Gasteiger partial charge in [-0.25, -0.2) is 8.42 Å². The van der Waals surface area contributed by atoms with E-state index in [0.717, 1.165) is 19.2 Å². The zero-order valence-corrected chi connectivity index (χ0v) is 36.4. The molecule has 2 aliphatic heterocycles. The van der Waals surface area contributed by atoms with Gasteiger partial charge in [-0.1, -0.05) is 26.0 Å². The molecular formula is C43H57F3N4O9S. The van der Waals surface area contributed by atoms with Crippen molar-refractivity contribution in [2.24, 2.45) is 29.1 Å². The summed E-state index contributed by atoms with van der Waals surface area (Å²) in [4.78, 5) is 64.9. The number of carbonyl (C=O) groups is 4. The highest BCUT2D eigenvalue weighted by atomic mass is 32.2. The summed E-state index contributed by atoms with van der Waals surface area (Å²) in [6, 6.07) is 6.03. The van der Waals surface area contributed by atoms with Crippen molar-refractivity contribution >= 4 is 50.2 Å². The van der Waals surface area contributed by atoms with E-state index in [1.54, 1.807) is 38.0 Å². The highest BCUT2D eigenvalue weighted by Crippen LogP contribution is 2.58. The second-order valence-electron chi connectivity index (χ2n) is 18.4. The molecule has 0 radical (unpaired) electrons. The van der Waals surface area contributed by atoms with Crippen LogP contribution < -0.4 is 19.1 Å². The molecule has 6 rings (SSSR count). The molecule has 1 saturated heterocycles. The summed E-state index contributed by atoms with van der Waals surface area (Å²) >= 11 is 0. The number of rotatable bonds is 10. The summed E-state index contributed by atoms with van der Waals surface area (Å²) in [5.41, 5.74) is -4.20. The number of halogens is 3. The molecule has 3 heterocycles. The van der Waals surface area contributed by atoms with Gasteiger partial charge in [-0.05, 0) is 107 Å². The molecule has 0 bridgehead atoms. The third-order valence-electron chi connectivity index (χ3n) is 13.0.